The van der Waals surface area contributed by atoms with E-state index in [1.165, 1.54) is 23.0 Å². The van der Waals surface area contributed by atoms with Crippen LogP contribution in [0.15, 0.2) is 24.3 Å². The molecule has 1 aliphatic carbocycles. The molecular weight excluding hydrogens is 553 g/mol. The summed E-state index contributed by atoms with van der Waals surface area (Å²) in [4.78, 5) is 58.4. The molecule has 16 nitrogen and oxygen atoms in total. The molecule has 2 aromatic carbocycles. The lowest BCUT2D eigenvalue weighted by Gasteiger charge is -2.14. The largest absolute Gasteiger partial charge is 0.393 e. The second kappa shape index (κ2) is 8.72. The molecule has 3 rings (SSSR count). The molecular formula is C15H8IN5O11. The van der Waals surface area contributed by atoms with E-state index in [2.05, 4.69) is 8.55 Å². The number of nitro benzene ring substituents is 4. The molecule has 0 aliphatic heterocycles. The van der Waals surface area contributed by atoms with Crippen LogP contribution in [0.3, 0.4) is 0 Å². The zero-order valence-corrected chi connectivity index (χ0v) is 17.4. The molecule has 17 heteroatoms. The summed E-state index contributed by atoms with van der Waals surface area (Å²) in [6.07, 6.45) is 0. The molecule has 1 N–H and O–H groups in total. The van der Waals surface area contributed by atoms with Crippen LogP contribution in [-0.4, -0.2) is 32.3 Å². The quantitative estimate of drug-likeness (QED) is 0.279. The lowest BCUT2D eigenvalue weighted by atomic mass is 10.0. The van der Waals surface area contributed by atoms with Crippen LogP contribution in [0, 0.1) is 40.5 Å². The van der Waals surface area contributed by atoms with Gasteiger partial charge in [-0.2, -0.15) is 5.48 Å². The number of carbonyl (C=O) groups excluding carboxylic acids is 1. The molecule has 0 aromatic heterocycles. The highest BCUT2D eigenvalue weighted by molar-refractivity contribution is 14.1. The summed E-state index contributed by atoms with van der Waals surface area (Å²) < 4.78 is 4.36. The molecule has 0 bridgehead atoms. The number of rotatable bonds is 8. The molecule has 0 saturated carbocycles. The standard InChI is InChI=1S/C15H8IN5O11/c16-32-12(22)5-31-17-15-8-1-6(18(23)24)3-10(20(27)28)13(8)14-9(15)2-7(19(25)26)4-11(14)21(29)30/h1-4,15,17H,5H2. The van der Waals surface area contributed by atoms with Gasteiger partial charge in [0.05, 0.1) is 49.0 Å². The minimum absolute atomic E-state index is 0.174. The van der Waals surface area contributed by atoms with Crippen LogP contribution >= 0.6 is 23.0 Å². The molecule has 0 atom stereocenters. The third kappa shape index (κ3) is 4.02. The predicted octanol–water partition coefficient (Wildman–Crippen LogP) is 2.80. The second-order valence-electron chi connectivity index (χ2n) is 6.18. The number of hydroxylamine groups is 1. The van der Waals surface area contributed by atoms with Crippen LogP contribution in [0.25, 0.3) is 11.1 Å². The average molecular weight is 561 g/mol. The first kappa shape index (κ1) is 22.8. The van der Waals surface area contributed by atoms with Crippen LogP contribution in [0.4, 0.5) is 22.7 Å². The number of fused-ring (bicyclic) bond motifs is 3. The molecule has 0 radical (unpaired) electrons. The number of carbonyl (C=O) groups is 1. The molecule has 0 spiro atoms. The van der Waals surface area contributed by atoms with Crippen LogP contribution in [0.2, 0.25) is 0 Å². The van der Waals surface area contributed by atoms with Crippen LogP contribution in [0.1, 0.15) is 17.2 Å². The average Bonchev–Trinajstić information content (AvgIpc) is 3.05. The fraction of sp³-hybridized carbons (Fsp3) is 0.133. The summed E-state index contributed by atoms with van der Waals surface area (Å²) in [6.45, 7) is -0.669. The highest BCUT2D eigenvalue weighted by atomic mass is 127. The highest BCUT2D eigenvalue weighted by Gasteiger charge is 2.43. The molecule has 0 amide bonds. The third-order valence-electron chi connectivity index (χ3n) is 4.43. The first-order valence-corrected chi connectivity index (χ1v) is 9.07. The van der Waals surface area contributed by atoms with E-state index >= 15 is 0 Å². The van der Waals surface area contributed by atoms with Crippen molar-refractivity contribution in [1.82, 2.24) is 5.48 Å². The second-order valence-corrected chi connectivity index (χ2v) is 6.62. The van der Waals surface area contributed by atoms with E-state index in [0.717, 1.165) is 12.1 Å². The molecule has 32 heavy (non-hydrogen) atoms. The van der Waals surface area contributed by atoms with Crippen molar-refractivity contribution in [2.24, 2.45) is 0 Å². The molecule has 166 valence electrons. The van der Waals surface area contributed by atoms with Crippen LogP contribution in [-0.2, 0) is 12.7 Å². The molecule has 0 unspecified atom stereocenters. The first-order chi connectivity index (χ1) is 15.1. The Balaban J connectivity index is 2.33. The van der Waals surface area contributed by atoms with Crippen molar-refractivity contribution >= 4 is 51.7 Å². The zero-order valence-electron chi connectivity index (χ0n) is 15.3. The van der Waals surface area contributed by atoms with E-state index in [1.54, 1.807) is 0 Å². The van der Waals surface area contributed by atoms with Gasteiger partial charge in [0, 0.05) is 12.1 Å². The van der Waals surface area contributed by atoms with Crippen molar-refractivity contribution in [2.45, 2.75) is 6.04 Å². The van der Waals surface area contributed by atoms with Gasteiger partial charge in [-0.15, -0.1) is 0 Å². The smallest absolute Gasteiger partial charge is 0.343 e. The number of halogens is 1. The Morgan fingerprint density at radius 2 is 1.28 bits per heavy atom. The molecule has 0 fully saturated rings. The van der Waals surface area contributed by atoms with Gasteiger partial charge < -0.3 is 3.07 Å². The number of non-ortho nitro benzene ring substituents is 2. The number of nitrogens with zero attached hydrogens (tertiary/aromatic N) is 4. The summed E-state index contributed by atoms with van der Waals surface area (Å²) in [5, 5.41) is 45.9. The van der Waals surface area contributed by atoms with Gasteiger partial charge in [-0.05, 0) is 11.1 Å². The van der Waals surface area contributed by atoms with Crippen molar-refractivity contribution in [2.75, 3.05) is 6.61 Å². The molecule has 1 aliphatic rings. The molecule has 2 aromatic rings. The predicted molar refractivity (Wildman–Crippen MR) is 110 cm³/mol. The minimum atomic E-state index is -1.35. The van der Waals surface area contributed by atoms with Gasteiger partial charge in [-0.1, -0.05) is 0 Å². The Morgan fingerprint density at radius 1 is 0.844 bits per heavy atom. The fourth-order valence-corrected chi connectivity index (χ4v) is 3.39. The summed E-state index contributed by atoms with van der Waals surface area (Å²) in [5.41, 5.74) is -1.72. The molecule has 0 heterocycles. The number of nitrogens with one attached hydrogen (secondary N) is 1. The monoisotopic (exact) mass is 561 g/mol. The highest BCUT2D eigenvalue weighted by Crippen LogP contribution is 2.53. The van der Waals surface area contributed by atoms with Gasteiger partial charge in [0.15, 0.2) is 29.6 Å². The number of hydrogen-bond acceptors (Lipinski definition) is 12. The van der Waals surface area contributed by atoms with E-state index in [9.17, 15) is 45.3 Å². The number of nitro groups is 4. The molecule has 0 saturated heterocycles. The van der Waals surface area contributed by atoms with Crippen LogP contribution in [0.5, 0.6) is 0 Å². The summed E-state index contributed by atoms with van der Waals surface area (Å²) in [6, 6.07) is 1.76. The Hall–Kier alpha value is -3.84. The zero-order chi connectivity index (χ0) is 23.7. The van der Waals surface area contributed by atoms with E-state index in [1.807, 2.05) is 0 Å². The summed E-state index contributed by atoms with van der Waals surface area (Å²) in [7, 11) is 0. The summed E-state index contributed by atoms with van der Waals surface area (Å²) in [5.74, 6) is -0.841. The fourth-order valence-electron chi connectivity index (χ4n) is 3.27. The van der Waals surface area contributed by atoms with Crippen LogP contribution < -0.4 is 5.48 Å². The first-order valence-electron chi connectivity index (χ1n) is 8.19. The minimum Gasteiger partial charge on any atom is -0.393 e. The van der Waals surface area contributed by atoms with Gasteiger partial charge in [0.25, 0.3) is 22.7 Å². The van der Waals surface area contributed by atoms with Crippen molar-refractivity contribution in [3.05, 3.63) is 75.8 Å². The third-order valence-corrected chi connectivity index (χ3v) is 4.92. The van der Waals surface area contributed by atoms with E-state index in [-0.39, 0.29) is 22.3 Å². The Morgan fingerprint density at radius 3 is 1.62 bits per heavy atom. The number of hydrogen-bond donors (Lipinski definition) is 1. The van der Waals surface area contributed by atoms with Crippen molar-refractivity contribution in [3.63, 3.8) is 0 Å². The van der Waals surface area contributed by atoms with E-state index < -0.39 is 61.1 Å². The maximum atomic E-state index is 11.6. The van der Waals surface area contributed by atoms with Gasteiger partial charge in [0.1, 0.15) is 0 Å². The SMILES string of the molecule is O=C(CONC1c2cc([N+](=O)[O-])cc([N+](=O)[O-])c2-c2c1cc([N+](=O)[O-])cc2[N+](=O)[O-])OI. The lowest BCUT2D eigenvalue weighted by Crippen LogP contribution is -2.24. The maximum Gasteiger partial charge on any atom is 0.343 e. The Labute approximate surface area is 189 Å². The summed E-state index contributed by atoms with van der Waals surface area (Å²) >= 11 is 1.29. The van der Waals surface area contributed by atoms with Gasteiger partial charge in [-0.25, -0.2) is 4.79 Å². The van der Waals surface area contributed by atoms with Gasteiger partial charge in [0.2, 0.25) is 0 Å². The Bertz CT molecular complexity index is 1120. The van der Waals surface area contributed by atoms with E-state index in [4.69, 9.17) is 4.84 Å². The Kier molecular flexibility index (Phi) is 6.23. The maximum absolute atomic E-state index is 11.6. The van der Waals surface area contributed by atoms with Crippen molar-refractivity contribution < 1.29 is 32.4 Å². The normalized spacial score (nSPS) is 12.0. The number of benzene rings is 2. The lowest BCUT2D eigenvalue weighted by molar-refractivity contribution is -0.395. The van der Waals surface area contributed by atoms with Crippen molar-refractivity contribution in [1.29, 1.82) is 0 Å². The van der Waals surface area contributed by atoms with Gasteiger partial charge >= 0.3 is 5.97 Å². The van der Waals surface area contributed by atoms with Crippen molar-refractivity contribution in [3.8, 4) is 11.1 Å². The van der Waals surface area contributed by atoms with E-state index in [0.29, 0.717) is 12.1 Å². The van der Waals surface area contributed by atoms with Gasteiger partial charge in [-0.3, -0.25) is 45.3 Å². The topological polar surface area (TPSA) is 220 Å².